The number of para-hydroxylation sites is 1. The molecule has 0 atom stereocenters. The first-order valence-electron chi connectivity index (χ1n) is 8.74. The van der Waals surface area contributed by atoms with Crippen LogP contribution in [-0.4, -0.2) is 24.3 Å². The highest BCUT2D eigenvalue weighted by molar-refractivity contribution is 7.07. The SMILES string of the molecule is COc1ccc2c(c1)C(=c1sc3n(c1=O)CN(c1ccccc1)CN=3)C(=O)N2. The third-order valence-electron chi connectivity index (χ3n) is 4.87. The second kappa shape index (κ2) is 6.35. The standard InChI is InChI=1S/C20H16N4O3S/c1-27-13-7-8-15-14(9-13)16(18(25)22-15)17-19(26)24-11-23(10-21-20(24)28-17)12-5-3-2-4-6-12/h2-9H,10-11H2,1H3,(H,22,25). The molecule has 1 amide bonds. The van der Waals surface area contributed by atoms with Crippen LogP contribution in [0.1, 0.15) is 5.56 Å². The van der Waals surface area contributed by atoms with Crippen molar-refractivity contribution < 1.29 is 9.53 Å². The molecule has 0 unspecified atom stereocenters. The van der Waals surface area contributed by atoms with Crippen molar-refractivity contribution in [1.82, 2.24) is 4.57 Å². The number of rotatable bonds is 2. The first kappa shape index (κ1) is 16.8. The summed E-state index contributed by atoms with van der Waals surface area (Å²) < 4.78 is 7.30. The first-order valence-corrected chi connectivity index (χ1v) is 9.55. The normalized spacial score (nSPS) is 16.9. The Kier molecular flexibility index (Phi) is 3.80. The lowest BCUT2D eigenvalue weighted by atomic mass is 10.1. The lowest BCUT2D eigenvalue weighted by Gasteiger charge is -2.25. The van der Waals surface area contributed by atoms with Crippen molar-refractivity contribution >= 4 is 34.2 Å². The van der Waals surface area contributed by atoms with Crippen molar-refractivity contribution in [2.24, 2.45) is 4.99 Å². The number of methoxy groups -OCH3 is 1. The lowest BCUT2D eigenvalue weighted by Crippen LogP contribution is -2.43. The van der Waals surface area contributed by atoms with Crippen LogP contribution in [0, 0.1) is 0 Å². The number of aromatic nitrogens is 1. The smallest absolute Gasteiger partial charge is 0.272 e. The molecular formula is C20H16N4O3S. The molecule has 140 valence electrons. The van der Waals surface area contributed by atoms with Gasteiger partial charge in [0.1, 0.15) is 23.6 Å². The number of hydrogen-bond donors (Lipinski definition) is 1. The van der Waals surface area contributed by atoms with Gasteiger partial charge in [0.25, 0.3) is 11.5 Å². The summed E-state index contributed by atoms with van der Waals surface area (Å²) in [7, 11) is 1.57. The van der Waals surface area contributed by atoms with E-state index in [0.717, 1.165) is 5.69 Å². The number of anilines is 2. The van der Waals surface area contributed by atoms with E-state index in [4.69, 9.17) is 4.74 Å². The second-order valence-electron chi connectivity index (χ2n) is 6.50. The largest absolute Gasteiger partial charge is 0.497 e. The molecule has 0 aliphatic carbocycles. The number of hydrogen-bond acceptors (Lipinski definition) is 6. The molecule has 28 heavy (non-hydrogen) atoms. The Morgan fingerprint density at radius 3 is 2.75 bits per heavy atom. The zero-order valence-electron chi connectivity index (χ0n) is 15.0. The Bertz CT molecular complexity index is 1280. The van der Waals surface area contributed by atoms with Crippen LogP contribution in [0.3, 0.4) is 0 Å². The maximum absolute atomic E-state index is 13.1. The van der Waals surface area contributed by atoms with Gasteiger partial charge in [-0.2, -0.15) is 0 Å². The molecule has 2 aromatic carbocycles. The number of thiazole rings is 1. The summed E-state index contributed by atoms with van der Waals surface area (Å²) in [5.74, 6) is 0.355. The van der Waals surface area contributed by atoms with Crippen molar-refractivity contribution in [2.75, 3.05) is 24.0 Å². The molecule has 0 bridgehead atoms. The van der Waals surface area contributed by atoms with Crippen LogP contribution in [0.4, 0.5) is 11.4 Å². The summed E-state index contributed by atoms with van der Waals surface area (Å²) in [6.07, 6.45) is 0. The number of nitrogens with one attached hydrogen (secondary N) is 1. The highest BCUT2D eigenvalue weighted by Gasteiger charge is 2.28. The van der Waals surface area contributed by atoms with Crippen LogP contribution in [0.25, 0.3) is 5.57 Å². The van der Waals surface area contributed by atoms with Crippen LogP contribution in [0.5, 0.6) is 5.75 Å². The number of carbonyl (C=O) groups is 1. The topological polar surface area (TPSA) is 75.9 Å². The molecule has 3 aromatic rings. The van der Waals surface area contributed by atoms with Crippen molar-refractivity contribution in [1.29, 1.82) is 0 Å². The molecule has 0 spiro atoms. The summed E-state index contributed by atoms with van der Waals surface area (Å²) in [5, 5.41) is 2.83. The van der Waals surface area contributed by atoms with E-state index in [1.807, 2.05) is 35.2 Å². The van der Waals surface area contributed by atoms with E-state index in [-0.39, 0.29) is 11.5 Å². The van der Waals surface area contributed by atoms with Crippen molar-refractivity contribution in [3.05, 3.63) is 73.8 Å². The van der Waals surface area contributed by atoms with Crippen LogP contribution >= 0.6 is 11.3 Å². The molecule has 0 radical (unpaired) electrons. The molecule has 0 fully saturated rings. The minimum atomic E-state index is -0.278. The average Bonchev–Trinajstić information content (AvgIpc) is 3.23. The summed E-state index contributed by atoms with van der Waals surface area (Å²) >= 11 is 1.26. The van der Waals surface area contributed by atoms with Gasteiger partial charge < -0.3 is 15.0 Å². The van der Waals surface area contributed by atoms with Crippen LogP contribution in [0.2, 0.25) is 0 Å². The number of fused-ring (bicyclic) bond motifs is 2. The first-order chi connectivity index (χ1) is 13.7. The van der Waals surface area contributed by atoms with Gasteiger partial charge in [0, 0.05) is 16.9 Å². The highest BCUT2D eigenvalue weighted by Crippen LogP contribution is 2.32. The Hall–Kier alpha value is -3.39. The third kappa shape index (κ3) is 2.53. The van der Waals surface area contributed by atoms with Gasteiger partial charge in [0.15, 0.2) is 4.80 Å². The molecule has 1 aromatic heterocycles. The van der Waals surface area contributed by atoms with E-state index >= 15 is 0 Å². The molecule has 0 saturated heterocycles. The van der Waals surface area contributed by atoms with Gasteiger partial charge in [-0.1, -0.05) is 29.5 Å². The van der Waals surface area contributed by atoms with Gasteiger partial charge in [0.2, 0.25) is 0 Å². The summed E-state index contributed by atoms with van der Waals surface area (Å²) in [4.78, 5) is 33.0. The predicted octanol–water partition coefficient (Wildman–Crippen LogP) is 1.12. The van der Waals surface area contributed by atoms with Gasteiger partial charge in [0.05, 0.1) is 12.7 Å². The lowest BCUT2D eigenvalue weighted by molar-refractivity contribution is -0.110. The summed E-state index contributed by atoms with van der Waals surface area (Å²) in [6, 6.07) is 15.2. The molecule has 7 nitrogen and oxygen atoms in total. The second-order valence-corrected chi connectivity index (χ2v) is 7.48. The fourth-order valence-corrected chi connectivity index (χ4v) is 4.52. The number of amides is 1. The van der Waals surface area contributed by atoms with Gasteiger partial charge >= 0.3 is 0 Å². The molecule has 0 saturated carbocycles. The monoisotopic (exact) mass is 392 g/mol. The fourth-order valence-electron chi connectivity index (χ4n) is 3.46. The predicted molar refractivity (Wildman–Crippen MR) is 107 cm³/mol. The van der Waals surface area contributed by atoms with Gasteiger partial charge in [-0.25, -0.2) is 4.99 Å². The number of benzene rings is 2. The van der Waals surface area contributed by atoms with Crippen LogP contribution in [-0.2, 0) is 11.5 Å². The molecule has 3 heterocycles. The van der Waals surface area contributed by atoms with Crippen LogP contribution < -0.4 is 29.8 Å². The van der Waals surface area contributed by atoms with Crippen molar-refractivity contribution in [2.45, 2.75) is 6.67 Å². The zero-order valence-corrected chi connectivity index (χ0v) is 15.8. The van der Waals surface area contributed by atoms with E-state index in [0.29, 0.717) is 45.2 Å². The number of ether oxygens (including phenoxy) is 1. The van der Waals surface area contributed by atoms with E-state index in [1.54, 1.807) is 29.9 Å². The number of carbonyl (C=O) groups excluding carboxylic acids is 1. The molecule has 2 aliphatic heterocycles. The fraction of sp³-hybridized carbons (Fsp3) is 0.150. The van der Waals surface area contributed by atoms with Crippen molar-refractivity contribution in [3.63, 3.8) is 0 Å². The van der Waals surface area contributed by atoms with Gasteiger partial charge in [-0.3, -0.25) is 14.2 Å². The zero-order chi connectivity index (χ0) is 19.3. The summed E-state index contributed by atoms with van der Waals surface area (Å²) in [5.41, 5.74) is 2.54. The Balaban J connectivity index is 1.67. The van der Waals surface area contributed by atoms with E-state index < -0.39 is 0 Å². The quantitative estimate of drug-likeness (QED) is 0.709. The van der Waals surface area contributed by atoms with Crippen molar-refractivity contribution in [3.8, 4) is 5.75 Å². The Morgan fingerprint density at radius 2 is 1.96 bits per heavy atom. The molecule has 5 rings (SSSR count). The van der Waals surface area contributed by atoms with E-state index in [9.17, 15) is 9.59 Å². The minimum Gasteiger partial charge on any atom is -0.497 e. The molecule has 1 N–H and O–H groups in total. The number of nitrogens with zero attached hydrogens (tertiary/aromatic N) is 3. The molecule has 8 heteroatoms. The minimum absolute atomic E-state index is 0.204. The maximum atomic E-state index is 13.1. The summed E-state index contributed by atoms with van der Waals surface area (Å²) in [6.45, 7) is 0.868. The molecule has 2 aliphatic rings. The van der Waals surface area contributed by atoms with Crippen LogP contribution in [0.15, 0.2) is 58.3 Å². The third-order valence-corrected chi connectivity index (χ3v) is 5.99. The Labute approximate surface area is 163 Å². The van der Waals surface area contributed by atoms with E-state index in [2.05, 4.69) is 10.3 Å². The van der Waals surface area contributed by atoms with Gasteiger partial charge in [-0.15, -0.1) is 0 Å². The van der Waals surface area contributed by atoms with E-state index in [1.165, 1.54) is 11.3 Å². The maximum Gasteiger partial charge on any atom is 0.272 e. The Morgan fingerprint density at radius 1 is 1.14 bits per heavy atom. The average molecular weight is 392 g/mol. The molecular weight excluding hydrogens is 376 g/mol. The van der Waals surface area contributed by atoms with Gasteiger partial charge in [-0.05, 0) is 30.3 Å². The highest BCUT2D eigenvalue weighted by atomic mass is 32.1.